The number of piperazine rings is 1. The second-order valence-electron chi connectivity index (χ2n) is 7.59. The third kappa shape index (κ3) is 5.14. The Morgan fingerprint density at radius 3 is 2.29 bits per heavy atom. The standard InChI is InChI=1S/C24H25N3O5S2/c1-2-32-24(29)18-8-10-19(11-9-18)25-23(28)22-21(12-17-33-22)34(30,31)27-15-13-26(14-16-27)20-6-4-3-5-7-20/h3-12,17H,2,13-16H2,1H3,(H,25,28). The van der Waals surface area contributed by atoms with Crippen LogP contribution in [-0.4, -0.2) is 57.4 Å². The number of sulfonamides is 1. The number of carbonyl (C=O) groups excluding carboxylic acids is 2. The molecule has 3 aromatic rings. The Morgan fingerprint density at radius 1 is 0.971 bits per heavy atom. The summed E-state index contributed by atoms with van der Waals surface area (Å²) in [7, 11) is -3.82. The van der Waals surface area contributed by atoms with Crippen LogP contribution in [0.5, 0.6) is 0 Å². The molecule has 1 fully saturated rings. The molecule has 1 N–H and O–H groups in total. The molecule has 1 amide bonds. The van der Waals surface area contributed by atoms with Crippen molar-refractivity contribution in [3.63, 3.8) is 0 Å². The average molecular weight is 500 g/mol. The normalized spacial score (nSPS) is 14.6. The van der Waals surface area contributed by atoms with Crippen LogP contribution in [0.1, 0.15) is 27.0 Å². The van der Waals surface area contributed by atoms with Gasteiger partial charge in [-0.2, -0.15) is 4.31 Å². The SMILES string of the molecule is CCOC(=O)c1ccc(NC(=O)c2sccc2S(=O)(=O)N2CCN(c3ccccc3)CC2)cc1. The van der Waals surface area contributed by atoms with Gasteiger partial charge in [-0.1, -0.05) is 18.2 Å². The number of benzene rings is 2. The van der Waals surface area contributed by atoms with Crippen molar-refractivity contribution in [2.75, 3.05) is 43.0 Å². The van der Waals surface area contributed by atoms with Crippen molar-refractivity contribution in [3.8, 4) is 0 Å². The lowest BCUT2D eigenvalue weighted by Gasteiger charge is -2.35. The second-order valence-corrected chi connectivity index (χ2v) is 10.4. The predicted octanol–water partition coefficient (Wildman–Crippen LogP) is 3.69. The van der Waals surface area contributed by atoms with Gasteiger partial charge >= 0.3 is 5.97 Å². The number of hydrogen-bond donors (Lipinski definition) is 1. The molecule has 0 atom stereocenters. The smallest absolute Gasteiger partial charge is 0.338 e. The van der Waals surface area contributed by atoms with Crippen molar-refractivity contribution in [2.45, 2.75) is 11.8 Å². The number of carbonyl (C=O) groups is 2. The second kappa shape index (κ2) is 10.4. The zero-order valence-electron chi connectivity index (χ0n) is 18.6. The summed E-state index contributed by atoms with van der Waals surface area (Å²) in [4.78, 5) is 27.0. The van der Waals surface area contributed by atoms with Gasteiger partial charge in [0.1, 0.15) is 9.77 Å². The summed E-state index contributed by atoms with van der Waals surface area (Å²) in [5, 5.41) is 4.32. The topological polar surface area (TPSA) is 96.0 Å². The molecule has 1 aliphatic rings. The first kappa shape index (κ1) is 23.9. The van der Waals surface area contributed by atoms with Gasteiger partial charge in [-0.05, 0) is 54.8 Å². The molecular weight excluding hydrogens is 474 g/mol. The number of nitrogens with one attached hydrogen (secondary N) is 1. The van der Waals surface area contributed by atoms with Crippen molar-refractivity contribution in [2.24, 2.45) is 0 Å². The highest BCUT2D eigenvalue weighted by molar-refractivity contribution is 7.89. The van der Waals surface area contributed by atoms with E-state index in [4.69, 9.17) is 4.74 Å². The molecule has 0 aliphatic carbocycles. The number of para-hydroxylation sites is 1. The Hall–Kier alpha value is -3.21. The van der Waals surface area contributed by atoms with Gasteiger partial charge in [0.2, 0.25) is 10.0 Å². The highest BCUT2D eigenvalue weighted by Gasteiger charge is 2.32. The highest BCUT2D eigenvalue weighted by Crippen LogP contribution is 2.28. The summed E-state index contributed by atoms with van der Waals surface area (Å²) in [5.41, 5.74) is 1.88. The molecule has 10 heteroatoms. The van der Waals surface area contributed by atoms with Crippen LogP contribution in [-0.2, 0) is 14.8 Å². The van der Waals surface area contributed by atoms with Crippen LogP contribution < -0.4 is 10.2 Å². The molecule has 2 aromatic carbocycles. The molecular formula is C24H25N3O5S2. The van der Waals surface area contributed by atoms with E-state index in [1.165, 1.54) is 10.4 Å². The fraction of sp³-hybridized carbons (Fsp3) is 0.250. The van der Waals surface area contributed by atoms with E-state index in [2.05, 4.69) is 10.2 Å². The van der Waals surface area contributed by atoms with Crippen LogP contribution in [0.3, 0.4) is 0 Å². The quantitative estimate of drug-likeness (QED) is 0.498. The maximum absolute atomic E-state index is 13.3. The molecule has 0 unspecified atom stereocenters. The van der Waals surface area contributed by atoms with E-state index >= 15 is 0 Å². The van der Waals surface area contributed by atoms with Crippen molar-refractivity contribution in [1.82, 2.24) is 4.31 Å². The third-order valence-electron chi connectivity index (χ3n) is 5.47. The Bertz CT molecular complexity index is 1250. The van der Waals surface area contributed by atoms with Gasteiger partial charge in [-0.15, -0.1) is 11.3 Å². The summed E-state index contributed by atoms with van der Waals surface area (Å²) in [6.07, 6.45) is 0. The number of esters is 1. The van der Waals surface area contributed by atoms with E-state index in [9.17, 15) is 18.0 Å². The maximum atomic E-state index is 13.3. The van der Waals surface area contributed by atoms with Gasteiger partial charge in [0.05, 0.1) is 12.2 Å². The number of ether oxygens (including phenoxy) is 1. The molecule has 4 rings (SSSR count). The Morgan fingerprint density at radius 2 is 1.65 bits per heavy atom. The fourth-order valence-corrected chi connectivity index (χ4v) is 6.44. The van der Waals surface area contributed by atoms with Gasteiger partial charge in [0.15, 0.2) is 0 Å². The number of amides is 1. The van der Waals surface area contributed by atoms with E-state index in [0.717, 1.165) is 17.0 Å². The van der Waals surface area contributed by atoms with E-state index in [0.29, 0.717) is 37.4 Å². The highest BCUT2D eigenvalue weighted by atomic mass is 32.2. The summed E-state index contributed by atoms with van der Waals surface area (Å²) >= 11 is 1.08. The first-order chi connectivity index (χ1) is 16.4. The molecule has 0 saturated carbocycles. The van der Waals surface area contributed by atoms with Gasteiger partial charge in [0, 0.05) is 37.6 Å². The van der Waals surface area contributed by atoms with E-state index in [1.807, 2.05) is 30.3 Å². The summed E-state index contributed by atoms with van der Waals surface area (Å²) in [5.74, 6) is -0.959. The number of anilines is 2. The lowest BCUT2D eigenvalue weighted by molar-refractivity contribution is 0.0526. The molecule has 2 heterocycles. The molecule has 34 heavy (non-hydrogen) atoms. The van der Waals surface area contributed by atoms with Gasteiger partial charge < -0.3 is 15.0 Å². The van der Waals surface area contributed by atoms with Crippen molar-refractivity contribution < 1.29 is 22.7 Å². The number of rotatable bonds is 7. The molecule has 8 nitrogen and oxygen atoms in total. The molecule has 1 aromatic heterocycles. The van der Waals surface area contributed by atoms with Crippen LogP contribution in [0.4, 0.5) is 11.4 Å². The number of thiophene rings is 1. The number of hydrogen-bond acceptors (Lipinski definition) is 7. The Balaban J connectivity index is 1.44. The van der Waals surface area contributed by atoms with E-state index in [-0.39, 0.29) is 16.4 Å². The van der Waals surface area contributed by atoms with E-state index < -0.39 is 21.9 Å². The maximum Gasteiger partial charge on any atom is 0.338 e. The zero-order valence-corrected chi connectivity index (χ0v) is 20.3. The summed E-state index contributed by atoms with van der Waals surface area (Å²) in [6, 6.07) is 17.6. The third-order valence-corrected chi connectivity index (χ3v) is 8.45. The van der Waals surface area contributed by atoms with E-state index in [1.54, 1.807) is 36.6 Å². The van der Waals surface area contributed by atoms with Gasteiger partial charge in [0.25, 0.3) is 5.91 Å². The van der Waals surface area contributed by atoms with Crippen LogP contribution in [0.2, 0.25) is 0 Å². The first-order valence-corrected chi connectivity index (χ1v) is 13.2. The lowest BCUT2D eigenvalue weighted by Crippen LogP contribution is -2.48. The molecule has 1 saturated heterocycles. The molecule has 0 radical (unpaired) electrons. The predicted molar refractivity (Wildman–Crippen MR) is 132 cm³/mol. The minimum atomic E-state index is -3.82. The largest absolute Gasteiger partial charge is 0.462 e. The Kier molecular flexibility index (Phi) is 7.30. The lowest BCUT2D eigenvalue weighted by atomic mass is 10.2. The molecule has 178 valence electrons. The average Bonchev–Trinajstić information content (AvgIpc) is 3.37. The minimum absolute atomic E-state index is 0.00584. The minimum Gasteiger partial charge on any atom is -0.462 e. The van der Waals surface area contributed by atoms with Gasteiger partial charge in [-0.3, -0.25) is 4.79 Å². The van der Waals surface area contributed by atoms with Crippen molar-refractivity contribution in [3.05, 3.63) is 76.5 Å². The van der Waals surface area contributed by atoms with Crippen LogP contribution in [0, 0.1) is 0 Å². The van der Waals surface area contributed by atoms with Crippen molar-refractivity contribution >= 4 is 44.6 Å². The summed E-state index contributed by atoms with van der Waals surface area (Å²) in [6.45, 7) is 3.81. The van der Waals surface area contributed by atoms with Crippen molar-refractivity contribution in [1.29, 1.82) is 0 Å². The Labute approximate surface area is 202 Å². The van der Waals surface area contributed by atoms with Crippen LogP contribution in [0.25, 0.3) is 0 Å². The zero-order chi connectivity index (χ0) is 24.1. The van der Waals surface area contributed by atoms with Crippen LogP contribution in [0.15, 0.2) is 70.9 Å². The van der Waals surface area contributed by atoms with Gasteiger partial charge in [-0.25, -0.2) is 13.2 Å². The summed E-state index contributed by atoms with van der Waals surface area (Å²) < 4.78 is 33.0. The first-order valence-electron chi connectivity index (χ1n) is 10.9. The molecule has 0 spiro atoms. The fourth-order valence-electron chi connectivity index (χ4n) is 3.72. The molecule has 0 bridgehead atoms. The monoisotopic (exact) mass is 499 g/mol. The van der Waals surface area contributed by atoms with Crippen LogP contribution >= 0.6 is 11.3 Å². The number of nitrogens with zero attached hydrogens (tertiary/aromatic N) is 2. The molecule has 1 aliphatic heterocycles.